The number of carbonyl (C=O) groups is 1. The molecule has 0 aliphatic carbocycles. The van der Waals surface area contributed by atoms with Crippen LogP contribution in [0.5, 0.6) is 0 Å². The van der Waals surface area contributed by atoms with Crippen LogP contribution in [0.4, 0.5) is 0 Å². The average molecular weight is 448 g/mol. The number of carbonyl (C=O) groups excluding carboxylic acids is 1. The number of hydrogen-bond donors (Lipinski definition) is 1. The Hall–Kier alpha value is 0.420. The number of alkyl halides is 2. The lowest BCUT2D eigenvalue weighted by Gasteiger charge is -2.26. The van der Waals surface area contributed by atoms with Gasteiger partial charge in [0, 0.05) is 20.7 Å². The fraction of sp³-hybridized carbons (Fsp3) is 0.364. The highest BCUT2D eigenvalue weighted by Gasteiger charge is 2.24. The molecule has 0 aliphatic heterocycles. The molecular weight excluding hydrogens is 437 g/mol. The first kappa shape index (κ1) is 15.5. The van der Waals surface area contributed by atoms with Crippen LogP contribution in [0.3, 0.4) is 0 Å². The zero-order valence-corrected chi connectivity index (χ0v) is 14.6. The standard InChI is InChI=1S/C11H11Br3ClNO/c1-11(5-12,6-13)16-10(17)7-2-3-8(14)9(15)4-7/h2-4H,5-6H2,1H3,(H,16,17). The molecule has 0 unspecified atom stereocenters. The monoisotopic (exact) mass is 445 g/mol. The van der Waals surface area contributed by atoms with E-state index in [4.69, 9.17) is 11.6 Å². The van der Waals surface area contributed by atoms with Crippen LogP contribution < -0.4 is 5.32 Å². The van der Waals surface area contributed by atoms with Gasteiger partial charge in [0.15, 0.2) is 0 Å². The van der Waals surface area contributed by atoms with Gasteiger partial charge in [0.25, 0.3) is 5.91 Å². The van der Waals surface area contributed by atoms with E-state index in [0.29, 0.717) is 21.2 Å². The summed E-state index contributed by atoms with van der Waals surface area (Å²) >= 11 is 16.0. The molecule has 0 aromatic heterocycles. The highest BCUT2D eigenvalue weighted by atomic mass is 79.9. The molecule has 0 radical (unpaired) electrons. The molecule has 1 amide bonds. The summed E-state index contributed by atoms with van der Waals surface area (Å²) in [5.74, 6) is -0.138. The van der Waals surface area contributed by atoms with Crippen molar-refractivity contribution in [3.05, 3.63) is 33.3 Å². The predicted octanol–water partition coefficient (Wildman–Crippen LogP) is 4.38. The Bertz CT molecular complexity index is 421. The first-order valence-electron chi connectivity index (χ1n) is 4.81. The molecule has 0 saturated heterocycles. The summed E-state index contributed by atoms with van der Waals surface area (Å²) in [5, 5.41) is 4.81. The number of hydrogen-bond acceptors (Lipinski definition) is 1. The van der Waals surface area contributed by atoms with Gasteiger partial charge in [-0.2, -0.15) is 0 Å². The van der Waals surface area contributed by atoms with Gasteiger partial charge in [0.2, 0.25) is 0 Å². The van der Waals surface area contributed by atoms with Crippen molar-refractivity contribution >= 4 is 65.3 Å². The average Bonchev–Trinajstić information content (AvgIpc) is 2.32. The lowest BCUT2D eigenvalue weighted by molar-refractivity contribution is 0.0923. The second kappa shape index (κ2) is 6.55. The lowest BCUT2D eigenvalue weighted by atomic mass is 10.1. The van der Waals surface area contributed by atoms with E-state index in [-0.39, 0.29) is 11.4 Å². The van der Waals surface area contributed by atoms with Gasteiger partial charge in [-0.3, -0.25) is 4.79 Å². The summed E-state index contributed by atoms with van der Waals surface area (Å²) in [6.45, 7) is 1.95. The maximum Gasteiger partial charge on any atom is 0.251 e. The van der Waals surface area contributed by atoms with Crippen LogP contribution in [0.2, 0.25) is 5.02 Å². The van der Waals surface area contributed by atoms with Gasteiger partial charge in [0.1, 0.15) is 0 Å². The molecule has 1 aromatic carbocycles. The van der Waals surface area contributed by atoms with Crippen molar-refractivity contribution in [2.75, 3.05) is 10.7 Å². The summed E-state index contributed by atoms with van der Waals surface area (Å²) in [6.07, 6.45) is 0. The molecule has 0 atom stereocenters. The highest BCUT2D eigenvalue weighted by Crippen LogP contribution is 2.23. The van der Waals surface area contributed by atoms with E-state index in [1.54, 1.807) is 18.2 Å². The summed E-state index contributed by atoms with van der Waals surface area (Å²) in [6, 6.07) is 5.13. The van der Waals surface area contributed by atoms with Crippen molar-refractivity contribution in [2.24, 2.45) is 0 Å². The summed E-state index contributed by atoms with van der Waals surface area (Å²) in [7, 11) is 0. The molecular formula is C11H11Br3ClNO. The molecule has 2 nitrogen and oxygen atoms in total. The van der Waals surface area contributed by atoms with Gasteiger partial charge < -0.3 is 5.32 Å². The molecule has 0 heterocycles. The number of halogens is 4. The van der Waals surface area contributed by atoms with E-state index < -0.39 is 0 Å². The maximum absolute atomic E-state index is 12.0. The largest absolute Gasteiger partial charge is 0.345 e. The smallest absolute Gasteiger partial charge is 0.251 e. The zero-order chi connectivity index (χ0) is 13.1. The Morgan fingerprint density at radius 1 is 1.41 bits per heavy atom. The Balaban J connectivity index is 2.86. The number of rotatable bonds is 4. The first-order chi connectivity index (χ1) is 7.91. The van der Waals surface area contributed by atoms with Gasteiger partial charge in [-0.15, -0.1) is 0 Å². The van der Waals surface area contributed by atoms with Crippen molar-refractivity contribution < 1.29 is 4.79 Å². The molecule has 0 fully saturated rings. The Kier molecular flexibility index (Phi) is 5.96. The molecule has 0 spiro atoms. The third-order valence-corrected chi connectivity index (χ3v) is 5.89. The molecule has 94 valence electrons. The number of nitrogens with one attached hydrogen (secondary N) is 1. The minimum Gasteiger partial charge on any atom is -0.345 e. The highest BCUT2D eigenvalue weighted by molar-refractivity contribution is 9.10. The Morgan fingerprint density at radius 2 is 2.00 bits per heavy atom. The number of amides is 1. The van der Waals surface area contributed by atoms with Crippen molar-refractivity contribution in [1.29, 1.82) is 0 Å². The van der Waals surface area contributed by atoms with E-state index in [2.05, 4.69) is 53.1 Å². The van der Waals surface area contributed by atoms with Gasteiger partial charge >= 0.3 is 0 Å². The van der Waals surface area contributed by atoms with E-state index in [1.165, 1.54) is 0 Å². The second-order valence-electron chi connectivity index (χ2n) is 3.91. The molecule has 6 heteroatoms. The quantitative estimate of drug-likeness (QED) is 0.681. The fourth-order valence-electron chi connectivity index (χ4n) is 1.09. The lowest BCUT2D eigenvalue weighted by Crippen LogP contribution is -2.48. The fourth-order valence-corrected chi connectivity index (χ4v) is 2.72. The third kappa shape index (κ3) is 4.23. The molecule has 17 heavy (non-hydrogen) atoms. The van der Waals surface area contributed by atoms with Crippen LogP contribution in [0.25, 0.3) is 0 Å². The zero-order valence-electron chi connectivity index (χ0n) is 9.07. The minimum absolute atomic E-state index is 0.138. The Labute approximate surface area is 131 Å². The van der Waals surface area contributed by atoms with Gasteiger partial charge in [-0.25, -0.2) is 0 Å². The van der Waals surface area contributed by atoms with Gasteiger partial charge in [-0.1, -0.05) is 43.5 Å². The van der Waals surface area contributed by atoms with E-state index in [0.717, 1.165) is 4.47 Å². The summed E-state index contributed by atoms with van der Waals surface area (Å²) in [5.41, 5.74) is 0.225. The Morgan fingerprint density at radius 3 is 2.47 bits per heavy atom. The third-order valence-electron chi connectivity index (χ3n) is 2.19. The van der Waals surface area contributed by atoms with Crippen molar-refractivity contribution in [2.45, 2.75) is 12.5 Å². The first-order valence-corrected chi connectivity index (χ1v) is 8.23. The SMILES string of the molecule is CC(CBr)(CBr)NC(=O)c1ccc(Br)c(Cl)c1. The van der Waals surface area contributed by atoms with Crippen LogP contribution in [0.15, 0.2) is 22.7 Å². The van der Waals surface area contributed by atoms with E-state index in [9.17, 15) is 4.79 Å². The van der Waals surface area contributed by atoms with Crippen LogP contribution in [-0.2, 0) is 0 Å². The molecule has 0 bridgehead atoms. The normalized spacial score (nSPS) is 11.4. The topological polar surface area (TPSA) is 29.1 Å². The van der Waals surface area contributed by atoms with Crippen LogP contribution >= 0.6 is 59.4 Å². The summed E-state index contributed by atoms with van der Waals surface area (Å²) < 4.78 is 0.777. The maximum atomic E-state index is 12.0. The van der Waals surface area contributed by atoms with Crippen LogP contribution in [-0.4, -0.2) is 22.1 Å². The van der Waals surface area contributed by atoms with Crippen molar-refractivity contribution in [1.82, 2.24) is 5.32 Å². The van der Waals surface area contributed by atoms with Crippen molar-refractivity contribution in [3.63, 3.8) is 0 Å². The second-order valence-corrected chi connectivity index (χ2v) is 6.29. The molecule has 0 aliphatic rings. The number of benzene rings is 1. The van der Waals surface area contributed by atoms with E-state index >= 15 is 0 Å². The summed E-state index contributed by atoms with van der Waals surface area (Å²) in [4.78, 5) is 12.0. The van der Waals surface area contributed by atoms with Crippen LogP contribution in [0.1, 0.15) is 17.3 Å². The van der Waals surface area contributed by atoms with Crippen molar-refractivity contribution in [3.8, 4) is 0 Å². The van der Waals surface area contributed by atoms with Gasteiger partial charge in [0.05, 0.1) is 10.6 Å². The molecule has 1 N–H and O–H groups in total. The minimum atomic E-state index is -0.323. The molecule has 1 aromatic rings. The van der Waals surface area contributed by atoms with Crippen LogP contribution in [0, 0.1) is 0 Å². The van der Waals surface area contributed by atoms with E-state index in [1.807, 2.05) is 6.92 Å². The van der Waals surface area contributed by atoms with Gasteiger partial charge in [-0.05, 0) is 41.1 Å². The molecule has 0 saturated carbocycles. The molecule has 1 rings (SSSR count). The predicted molar refractivity (Wildman–Crippen MR) is 82.6 cm³/mol.